The molecular weight excluding hydrogens is 316 g/mol. The van der Waals surface area contributed by atoms with Crippen LogP contribution in [-0.2, 0) is 13.1 Å². The third kappa shape index (κ3) is 5.76. The first-order valence-corrected chi connectivity index (χ1v) is 8.01. The minimum Gasteiger partial charge on any atom is -0.353 e. The molecule has 0 radical (unpaired) electrons. The highest BCUT2D eigenvalue weighted by atomic mass is 16.6. The molecule has 2 rings (SSSR count). The Hall–Kier alpha value is -3.15. The molecule has 0 aliphatic heterocycles. The van der Waals surface area contributed by atoms with Gasteiger partial charge in [0.2, 0.25) is 0 Å². The molecule has 130 valence electrons. The van der Waals surface area contributed by atoms with E-state index >= 15 is 0 Å². The number of guanidine groups is 1. The Morgan fingerprint density at radius 2 is 1.92 bits per heavy atom. The highest BCUT2D eigenvalue weighted by Gasteiger charge is 2.04. The van der Waals surface area contributed by atoms with E-state index in [-0.39, 0.29) is 5.69 Å². The summed E-state index contributed by atoms with van der Waals surface area (Å²) in [5.74, 6) is 0.668. The van der Waals surface area contributed by atoms with Crippen molar-refractivity contribution in [2.75, 3.05) is 6.54 Å². The largest absolute Gasteiger partial charge is 0.353 e. The second kappa shape index (κ2) is 9.22. The zero-order valence-corrected chi connectivity index (χ0v) is 14.2. The van der Waals surface area contributed by atoms with Crippen LogP contribution in [-0.4, -0.2) is 17.4 Å². The van der Waals surface area contributed by atoms with Gasteiger partial charge in [-0.15, -0.1) is 6.58 Å². The monoisotopic (exact) mass is 338 g/mol. The molecule has 0 heterocycles. The molecule has 0 aromatic heterocycles. The number of benzene rings is 2. The number of nitro groups is 1. The van der Waals surface area contributed by atoms with Gasteiger partial charge in [-0.3, -0.25) is 10.1 Å². The Kier molecular flexibility index (Phi) is 6.71. The van der Waals surface area contributed by atoms with Crippen LogP contribution in [0.2, 0.25) is 0 Å². The van der Waals surface area contributed by atoms with E-state index in [1.165, 1.54) is 23.3 Å². The van der Waals surface area contributed by atoms with Gasteiger partial charge in [0, 0.05) is 25.2 Å². The first-order chi connectivity index (χ1) is 12.1. The standard InChI is InChI=1S/C19H22N4O2/c1-3-12-20-19(22-14-17-7-5-4-6-15(17)2)21-13-16-8-10-18(11-9-16)23(24)25/h3-11H,1,12-14H2,2H3,(H2,20,21,22). The Morgan fingerprint density at radius 1 is 1.20 bits per heavy atom. The summed E-state index contributed by atoms with van der Waals surface area (Å²) in [5, 5.41) is 17.2. The zero-order chi connectivity index (χ0) is 18.1. The van der Waals surface area contributed by atoms with Crippen LogP contribution < -0.4 is 10.6 Å². The van der Waals surface area contributed by atoms with E-state index in [0.717, 1.165) is 5.56 Å². The molecule has 0 spiro atoms. The predicted octanol–water partition coefficient (Wildman–Crippen LogP) is 3.32. The van der Waals surface area contributed by atoms with Crippen LogP contribution >= 0.6 is 0 Å². The molecule has 2 N–H and O–H groups in total. The SMILES string of the molecule is C=CCNC(=NCc1ccc([N+](=O)[O-])cc1)NCc1ccccc1C. The average molecular weight is 338 g/mol. The molecule has 0 bridgehead atoms. The molecule has 0 aliphatic rings. The highest BCUT2D eigenvalue weighted by Crippen LogP contribution is 2.12. The van der Waals surface area contributed by atoms with Gasteiger partial charge in [-0.05, 0) is 23.6 Å². The van der Waals surface area contributed by atoms with Crippen LogP contribution in [0.1, 0.15) is 16.7 Å². The van der Waals surface area contributed by atoms with Crippen LogP contribution in [0, 0.1) is 17.0 Å². The van der Waals surface area contributed by atoms with Crippen molar-refractivity contribution in [1.82, 2.24) is 10.6 Å². The fraction of sp³-hybridized carbons (Fsp3) is 0.211. The van der Waals surface area contributed by atoms with Gasteiger partial charge in [0.1, 0.15) is 0 Å². The number of rotatable bonds is 7. The number of aryl methyl sites for hydroxylation is 1. The number of non-ortho nitro benzene ring substituents is 1. The average Bonchev–Trinajstić information content (AvgIpc) is 2.62. The molecule has 0 atom stereocenters. The normalized spacial score (nSPS) is 11.0. The van der Waals surface area contributed by atoms with Crippen molar-refractivity contribution in [3.05, 3.63) is 88.0 Å². The fourth-order valence-electron chi connectivity index (χ4n) is 2.22. The lowest BCUT2D eigenvalue weighted by Crippen LogP contribution is -2.37. The molecule has 0 aliphatic carbocycles. The highest BCUT2D eigenvalue weighted by molar-refractivity contribution is 5.80. The van der Waals surface area contributed by atoms with Crippen LogP contribution in [0.15, 0.2) is 66.2 Å². The van der Waals surface area contributed by atoms with E-state index in [1.807, 2.05) is 12.1 Å². The van der Waals surface area contributed by atoms with Crippen LogP contribution in [0.5, 0.6) is 0 Å². The van der Waals surface area contributed by atoms with Gasteiger partial charge in [-0.25, -0.2) is 4.99 Å². The molecule has 0 fully saturated rings. The minimum absolute atomic E-state index is 0.0791. The fourth-order valence-corrected chi connectivity index (χ4v) is 2.22. The molecule has 0 unspecified atom stereocenters. The summed E-state index contributed by atoms with van der Waals surface area (Å²) in [6.45, 7) is 7.46. The summed E-state index contributed by atoms with van der Waals surface area (Å²) in [7, 11) is 0. The lowest BCUT2D eigenvalue weighted by atomic mass is 10.1. The van der Waals surface area contributed by atoms with Gasteiger partial charge in [-0.2, -0.15) is 0 Å². The van der Waals surface area contributed by atoms with Crippen LogP contribution in [0.4, 0.5) is 5.69 Å². The summed E-state index contributed by atoms with van der Waals surface area (Å²) in [6.07, 6.45) is 1.76. The lowest BCUT2D eigenvalue weighted by molar-refractivity contribution is -0.384. The zero-order valence-electron chi connectivity index (χ0n) is 14.2. The third-order valence-electron chi connectivity index (χ3n) is 3.69. The summed E-state index contributed by atoms with van der Waals surface area (Å²) in [5.41, 5.74) is 3.40. The van der Waals surface area contributed by atoms with Crippen molar-refractivity contribution in [1.29, 1.82) is 0 Å². The quantitative estimate of drug-likeness (QED) is 0.267. The van der Waals surface area contributed by atoms with Crippen LogP contribution in [0.25, 0.3) is 0 Å². The number of hydrogen-bond acceptors (Lipinski definition) is 3. The summed E-state index contributed by atoms with van der Waals surface area (Å²) in [4.78, 5) is 14.8. The third-order valence-corrected chi connectivity index (χ3v) is 3.69. The van der Waals surface area contributed by atoms with E-state index < -0.39 is 4.92 Å². The molecule has 2 aromatic carbocycles. The number of aliphatic imine (C=N–C) groups is 1. The van der Waals surface area contributed by atoms with Gasteiger partial charge < -0.3 is 10.6 Å². The predicted molar refractivity (Wildman–Crippen MR) is 100 cm³/mol. The summed E-state index contributed by atoms with van der Waals surface area (Å²) >= 11 is 0. The van der Waals surface area contributed by atoms with Gasteiger partial charge in [-0.1, -0.05) is 42.5 Å². The number of nitro benzene ring substituents is 1. The number of hydrogen-bond donors (Lipinski definition) is 2. The van der Waals surface area contributed by atoms with Gasteiger partial charge in [0.05, 0.1) is 11.5 Å². The second-order valence-corrected chi connectivity index (χ2v) is 5.54. The maximum atomic E-state index is 10.7. The van der Waals surface area contributed by atoms with E-state index in [0.29, 0.717) is 25.6 Å². The molecule has 0 amide bonds. The molecular formula is C19H22N4O2. The van der Waals surface area contributed by atoms with E-state index in [2.05, 4.69) is 41.3 Å². The van der Waals surface area contributed by atoms with Gasteiger partial charge >= 0.3 is 0 Å². The molecule has 6 heteroatoms. The molecule has 25 heavy (non-hydrogen) atoms. The van der Waals surface area contributed by atoms with Crippen molar-refractivity contribution in [3.8, 4) is 0 Å². The molecule has 0 saturated carbocycles. The minimum atomic E-state index is -0.409. The molecule has 2 aromatic rings. The maximum Gasteiger partial charge on any atom is 0.269 e. The van der Waals surface area contributed by atoms with Crippen molar-refractivity contribution in [2.45, 2.75) is 20.0 Å². The Bertz CT molecular complexity index is 754. The van der Waals surface area contributed by atoms with Crippen LogP contribution in [0.3, 0.4) is 0 Å². The smallest absolute Gasteiger partial charge is 0.269 e. The summed E-state index contributed by atoms with van der Waals surface area (Å²) < 4.78 is 0. The van der Waals surface area contributed by atoms with Crippen molar-refractivity contribution in [2.24, 2.45) is 4.99 Å². The summed E-state index contributed by atoms with van der Waals surface area (Å²) in [6, 6.07) is 14.6. The molecule has 0 saturated heterocycles. The first kappa shape index (κ1) is 18.2. The van der Waals surface area contributed by atoms with Crippen molar-refractivity contribution in [3.63, 3.8) is 0 Å². The van der Waals surface area contributed by atoms with Gasteiger partial charge in [0.15, 0.2) is 5.96 Å². The topological polar surface area (TPSA) is 79.6 Å². The van der Waals surface area contributed by atoms with E-state index in [9.17, 15) is 10.1 Å². The van der Waals surface area contributed by atoms with Crippen molar-refractivity contribution >= 4 is 11.6 Å². The number of nitrogens with one attached hydrogen (secondary N) is 2. The number of nitrogens with zero attached hydrogens (tertiary/aromatic N) is 2. The maximum absolute atomic E-state index is 10.7. The lowest BCUT2D eigenvalue weighted by Gasteiger charge is -2.13. The van der Waals surface area contributed by atoms with Crippen molar-refractivity contribution < 1.29 is 4.92 Å². The second-order valence-electron chi connectivity index (χ2n) is 5.54. The molecule has 6 nitrogen and oxygen atoms in total. The first-order valence-electron chi connectivity index (χ1n) is 8.01. The van der Waals surface area contributed by atoms with E-state index in [4.69, 9.17) is 0 Å². The Labute approximate surface area is 147 Å². The van der Waals surface area contributed by atoms with E-state index in [1.54, 1.807) is 18.2 Å². The Balaban J connectivity index is 2.02. The van der Waals surface area contributed by atoms with Gasteiger partial charge in [0.25, 0.3) is 5.69 Å². The Morgan fingerprint density at radius 3 is 2.56 bits per heavy atom.